The first-order valence-electron chi connectivity index (χ1n) is 8.87. The van der Waals surface area contributed by atoms with Crippen LogP contribution in [0.1, 0.15) is 11.1 Å². The topological polar surface area (TPSA) is 64.0 Å². The maximum Gasteiger partial charge on any atom is 0.246 e. The Morgan fingerprint density at radius 3 is 2.38 bits per heavy atom. The summed E-state index contributed by atoms with van der Waals surface area (Å²) in [4.78, 5) is 16.5. The lowest BCUT2D eigenvalue weighted by Crippen LogP contribution is -2.48. The smallest absolute Gasteiger partial charge is 0.246 e. The van der Waals surface area contributed by atoms with Crippen molar-refractivity contribution < 1.29 is 15.0 Å². The Labute approximate surface area is 153 Å². The number of piperazine rings is 1. The summed E-state index contributed by atoms with van der Waals surface area (Å²) in [6, 6.07) is 14.9. The predicted octanol–water partition coefficient (Wildman–Crippen LogP) is 2.50. The van der Waals surface area contributed by atoms with Crippen molar-refractivity contribution in [1.29, 1.82) is 0 Å². The highest BCUT2D eigenvalue weighted by molar-refractivity contribution is 5.92. The quantitative estimate of drug-likeness (QED) is 0.641. The zero-order valence-electron chi connectivity index (χ0n) is 14.7. The van der Waals surface area contributed by atoms with Crippen LogP contribution in [0.25, 0.3) is 6.08 Å². The van der Waals surface area contributed by atoms with Gasteiger partial charge in [-0.05, 0) is 35.8 Å². The lowest BCUT2D eigenvalue weighted by Gasteiger charge is -2.34. The summed E-state index contributed by atoms with van der Waals surface area (Å²) in [6.07, 6.45) is 4.20. The Bertz CT molecular complexity index is 766. The van der Waals surface area contributed by atoms with Crippen LogP contribution in [0.5, 0.6) is 11.5 Å². The van der Waals surface area contributed by atoms with Crippen LogP contribution < -0.4 is 0 Å². The van der Waals surface area contributed by atoms with Crippen molar-refractivity contribution in [3.05, 3.63) is 65.7 Å². The van der Waals surface area contributed by atoms with Crippen molar-refractivity contribution in [2.45, 2.75) is 6.42 Å². The Balaban J connectivity index is 1.45. The molecule has 1 heterocycles. The van der Waals surface area contributed by atoms with Crippen molar-refractivity contribution in [2.75, 3.05) is 32.7 Å². The first-order valence-corrected chi connectivity index (χ1v) is 8.87. The molecule has 1 aliphatic heterocycles. The molecule has 0 saturated carbocycles. The van der Waals surface area contributed by atoms with Gasteiger partial charge < -0.3 is 15.1 Å². The molecule has 0 aromatic heterocycles. The van der Waals surface area contributed by atoms with E-state index in [9.17, 15) is 15.0 Å². The summed E-state index contributed by atoms with van der Waals surface area (Å²) in [7, 11) is 0. The van der Waals surface area contributed by atoms with E-state index in [0.717, 1.165) is 39.1 Å². The maximum atomic E-state index is 12.3. The van der Waals surface area contributed by atoms with Gasteiger partial charge in [0.1, 0.15) is 0 Å². The number of carbonyl (C=O) groups excluding carboxylic acids is 1. The first kappa shape index (κ1) is 18.0. The number of aromatic hydroxyl groups is 2. The second kappa shape index (κ2) is 8.54. The Kier molecular flexibility index (Phi) is 5.92. The van der Waals surface area contributed by atoms with Gasteiger partial charge >= 0.3 is 0 Å². The van der Waals surface area contributed by atoms with Crippen LogP contribution in [0.15, 0.2) is 54.6 Å². The molecule has 1 saturated heterocycles. The van der Waals surface area contributed by atoms with Crippen LogP contribution in [0.4, 0.5) is 0 Å². The van der Waals surface area contributed by atoms with E-state index in [1.165, 1.54) is 23.8 Å². The second-order valence-electron chi connectivity index (χ2n) is 6.48. The Hall–Kier alpha value is -2.79. The van der Waals surface area contributed by atoms with Gasteiger partial charge in [-0.2, -0.15) is 0 Å². The third kappa shape index (κ3) is 4.86. The van der Waals surface area contributed by atoms with Crippen LogP contribution in [0, 0.1) is 0 Å². The van der Waals surface area contributed by atoms with Gasteiger partial charge in [0.2, 0.25) is 5.91 Å². The molecule has 5 heteroatoms. The zero-order chi connectivity index (χ0) is 18.4. The molecule has 0 radical (unpaired) electrons. The van der Waals surface area contributed by atoms with Crippen LogP contribution in [-0.2, 0) is 11.2 Å². The average Bonchev–Trinajstić information content (AvgIpc) is 2.68. The van der Waals surface area contributed by atoms with Crippen molar-refractivity contribution in [2.24, 2.45) is 0 Å². The minimum Gasteiger partial charge on any atom is -0.504 e. The summed E-state index contributed by atoms with van der Waals surface area (Å²) in [6.45, 7) is 4.21. The molecular formula is C21H24N2O3. The molecule has 0 atom stereocenters. The van der Waals surface area contributed by atoms with Crippen LogP contribution >= 0.6 is 0 Å². The molecule has 2 N–H and O–H groups in total. The third-order valence-electron chi connectivity index (χ3n) is 4.66. The highest BCUT2D eigenvalue weighted by Crippen LogP contribution is 2.25. The number of benzene rings is 2. The van der Waals surface area contributed by atoms with Gasteiger partial charge in [-0.25, -0.2) is 0 Å². The molecule has 3 rings (SSSR count). The molecule has 0 spiro atoms. The number of nitrogens with zero attached hydrogens (tertiary/aromatic N) is 2. The van der Waals surface area contributed by atoms with Gasteiger partial charge in [0.15, 0.2) is 11.5 Å². The first-order chi connectivity index (χ1) is 12.6. The van der Waals surface area contributed by atoms with E-state index in [1.54, 1.807) is 12.1 Å². The third-order valence-corrected chi connectivity index (χ3v) is 4.66. The number of rotatable bonds is 5. The summed E-state index contributed by atoms with van der Waals surface area (Å²) in [5.41, 5.74) is 2.02. The van der Waals surface area contributed by atoms with E-state index in [0.29, 0.717) is 5.56 Å². The minimum absolute atomic E-state index is 0.0275. The van der Waals surface area contributed by atoms with E-state index < -0.39 is 0 Å². The van der Waals surface area contributed by atoms with Crippen molar-refractivity contribution >= 4 is 12.0 Å². The molecule has 26 heavy (non-hydrogen) atoms. The summed E-state index contributed by atoms with van der Waals surface area (Å²) in [5.74, 6) is -0.382. The normalized spacial score (nSPS) is 15.5. The van der Waals surface area contributed by atoms with E-state index in [1.807, 2.05) is 11.0 Å². The van der Waals surface area contributed by atoms with Crippen molar-refractivity contribution in [1.82, 2.24) is 9.80 Å². The SMILES string of the molecule is O=C(C=Cc1ccc(O)c(O)c1)N1CCN(CCc2ccccc2)CC1. The van der Waals surface area contributed by atoms with Crippen molar-refractivity contribution in [3.63, 3.8) is 0 Å². The number of amides is 1. The van der Waals surface area contributed by atoms with Gasteiger partial charge in [0.05, 0.1) is 0 Å². The maximum absolute atomic E-state index is 12.3. The predicted molar refractivity (Wildman–Crippen MR) is 102 cm³/mol. The van der Waals surface area contributed by atoms with Gasteiger partial charge in [-0.1, -0.05) is 36.4 Å². The molecule has 5 nitrogen and oxygen atoms in total. The van der Waals surface area contributed by atoms with Gasteiger partial charge in [-0.15, -0.1) is 0 Å². The summed E-state index contributed by atoms with van der Waals surface area (Å²) < 4.78 is 0. The highest BCUT2D eigenvalue weighted by Gasteiger charge is 2.19. The van der Waals surface area contributed by atoms with Gasteiger partial charge in [0.25, 0.3) is 0 Å². The molecule has 136 valence electrons. The molecule has 0 bridgehead atoms. The summed E-state index contributed by atoms with van der Waals surface area (Å²) in [5, 5.41) is 18.8. The number of phenolic OH excluding ortho intramolecular Hbond substituents is 2. The molecule has 1 amide bonds. The molecule has 2 aromatic rings. The van der Waals surface area contributed by atoms with E-state index >= 15 is 0 Å². The number of phenols is 2. The Morgan fingerprint density at radius 2 is 1.69 bits per heavy atom. The average molecular weight is 352 g/mol. The number of hydrogen-bond donors (Lipinski definition) is 2. The van der Waals surface area contributed by atoms with E-state index in [-0.39, 0.29) is 17.4 Å². The molecule has 0 unspecified atom stereocenters. The molecule has 0 aliphatic carbocycles. The van der Waals surface area contributed by atoms with Gasteiger partial charge in [0, 0.05) is 38.8 Å². The van der Waals surface area contributed by atoms with Gasteiger partial charge in [-0.3, -0.25) is 9.69 Å². The fraction of sp³-hybridized carbons (Fsp3) is 0.286. The molecular weight excluding hydrogens is 328 g/mol. The van der Waals surface area contributed by atoms with E-state index in [4.69, 9.17) is 0 Å². The highest BCUT2D eigenvalue weighted by atomic mass is 16.3. The Morgan fingerprint density at radius 1 is 0.962 bits per heavy atom. The molecule has 2 aromatic carbocycles. The van der Waals surface area contributed by atoms with E-state index in [2.05, 4.69) is 29.2 Å². The van der Waals surface area contributed by atoms with Crippen LogP contribution in [-0.4, -0.2) is 58.6 Å². The second-order valence-corrected chi connectivity index (χ2v) is 6.48. The summed E-state index contributed by atoms with van der Waals surface area (Å²) >= 11 is 0. The lowest BCUT2D eigenvalue weighted by atomic mass is 10.1. The number of carbonyl (C=O) groups is 1. The monoisotopic (exact) mass is 352 g/mol. The fourth-order valence-corrected chi connectivity index (χ4v) is 3.04. The van der Waals surface area contributed by atoms with Crippen LogP contribution in [0.3, 0.4) is 0 Å². The standard InChI is InChI=1S/C21H24N2O3/c24-19-8-6-18(16-20(19)25)7-9-21(26)23-14-12-22(13-15-23)11-10-17-4-2-1-3-5-17/h1-9,16,24-25H,10-15H2. The molecule has 1 fully saturated rings. The van der Waals surface area contributed by atoms with Crippen molar-refractivity contribution in [3.8, 4) is 11.5 Å². The number of hydrogen-bond acceptors (Lipinski definition) is 4. The fourth-order valence-electron chi connectivity index (χ4n) is 3.04. The van der Waals surface area contributed by atoms with Crippen LogP contribution in [0.2, 0.25) is 0 Å². The minimum atomic E-state index is -0.188. The lowest BCUT2D eigenvalue weighted by molar-refractivity contribution is -0.127. The molecule has 1 aliphatic rings. The largest absolute Gasteiger partial charge is 0.504 e. The zero-order valence-corrected chi connectivity index (χ0v) is 14.7.